The van der Waals surface area contributed by atoms with E-state index in [9.17, 15) is 0 Å². The van der Waals surface area contributed by atoms with E-state index in [1.54, 1.807) is 0 Å². The summed E-state index contributed by atoms with van der Waals surface area (Å²) < 4.78 is 6.42. The Hall–Kier alpha value is -0.0700. The molecule has 3 nitrogen and oxygen atoms in total. The summed E-state index contributed by atoms with van der Waals surface area (Å²) >= 11 is 2.18. The van der Waals surface area contributed by atoms with Crippen molar-refractivity contribution in [3.63, 3.8) is 0 Å². The molecule has 0 aliphatic rings. The first-order valence-electron chi connectivity index (χ1n) is 5.74. The Morgan fingerprint density at radius 2 is 2.19 bits per heavy atom. The zero-order valence-electron chi connectivity index (χ0n) is 10.3. The molecule has 0 radical (unpaired) electrons. The molecule has 0 aliphatic carbocycles. The molecule has 1 aromatic rings. The van der Waals surface area contributed by atoms with Crippen molar-refractivity contribution in [1.82, 2.24) is 10.2 Å². The van der Waals surface area contributed by atoms with Gasteiger partial charge in [0.05, 0.1) is 6.54 Å². The SMILES string of the molecule is CC(C)N(C)CCCNCc1ccc(I)o1. The molecule has 0 saturated carbocycles. The summed E-state index contributed by atoms with van der Waals surface area (Å²) in [6.07, 6.45) is 1.17. The molecule has 0 atom stereocenters. The average molecular weight is 336 g/mol. The Labute approximate surface area is 112 Å². The van der Waals surface area contributed by atoms with Crippen LogP contribution in [0, 0.1) is 3.77 Å². The van der Waals surface area contributed by atoms with Gasteiger partial charge in [-0.1, -0.05) is 0 Å². The van der Waals surface area contributed by atoms with Crippen LogP contribution < -0.4 is 5.32 Å². The highest BCUT2D eigenvalue weighted by Gasteiger charge is 2.02. The van der Waals surface area contributed by atoms with Gasteiger partial charge in [0.2, 0.25) is 0 Å². The van der Waals surface area contributed by atoms with E-state index in [-0.39, 0.29) is 0 Å². The summed E-state index contributed by atoms with van der Waals surface area (Å²) in [4.78, 5) is 2.36. The average Bonchev–Trinajstić information content (AvgIpc) is 2.63. The summed E-state index contributed by atoms with van der Waals surface area (Å²) in [6.45, 7) is 7.44. The maximum Gasteiger partial charge on any atom is 0.164 e. The third-order valence-electron chi connectivity index (χ3n) is 2.67. The van der Waals surface area contributed by atoms with Gasteiger partial charge in [-0.25, -0.2) is 0 Å². The van der Waals surface area contributed by atoms with Crippen LogP contribution in [0.4, 0.5) is 0 Å². The molecule has 92 valence electrons. The molecule has 0 aliphatic heterocycles. The zero-order valence-corrected chi connectivity index (χ0v) is 12.5. The quantitative estimate of drug-likeness (QED) is 0.613. The second kappa shape index (κ2) is 7.29. The van der Waals surface area contributed by atoms with Gasteiger partial charge in [-0.15, -0.1) is 0 Å². The molecule has 0 spiro atoms. The Kier molecular flexibility index (Phi) is 6.38. The highest BCUT2D eigenvalue weighted by molar-refractivity contribution is 14.1. The van der Waals surface area contributed by atoms with Crippen LogP contribution in [0.5, 0.6) is 0 Å². The molecule has 4 heteroatoms. The predicted molar refractivity (Wildman–Crippen MR) is 75.5 cm³/mol. The van der Waals surface area contributed by atoms with Gasteiger partial charge in [0.1, 0.15) is 5.76 Å². The summed E-state index contributed by atoms with van der Waals surface area (Å²) in [6, 6.07) is 4.64. The normalized spacial score (nSPS) is 11.6. The fourth-order valence-corrected chi connectivity index (χ4v) is 1.83. The molecule has 0 bridgehead atoms. The minimum atomic E-state index is 0.631. The minimum absolute atomic E-state index is 0.631. The topological polar surface area (TPSA) is 28.4 Å². The summed E-state index contributed by atoms with van der Waals surface area (Å²) in [5, 5.41) is 3.39. The number of nitrogens with zero attached hydrogens (tertiary/aromatic N) is 1. The van der Waals surface area contributed by atoms with Crippen molar-refractivity contribution in [3.05, 3.63) is 21.7 Å². The predicted octanol–water partition coefficient (Wildman–Crippen LogP) is 2.70. The van der Waals surface area contributed by atoms with E-state index in [1.165, 1.54) is 6.42 Å². The van der Waals surface area contributed by atoms with Crippen LogP contribution in [-0.2, 0) is 6.54 Å². The Morgan fingerprint density at radius 1 is 1.44 bits per heavy atom. The third-order valence-corrected chi connectivity index (χ3v) is 3.25. The number of hydrogen-bond donors (Lipinski definition) is 1. The van der Waals surface area contributed by atoms with E-state index >= 15 is 0 Å². The first-order chi connectivity index (χ1) is 7.59. The molecular formula is C12H21IN2O. The molecule has 0 aromatic carbocycles. The van der Waals surface area contributed by atoms with Crippen LogP contribution in [0.15, 0.2) is 16.5 Å². The Bertz CT molecular complexity index is 299. The van der Waals surface area contributed by atoms with Crippen molar-refractivity contribution in [2.75, 3.05) is 20.1 Å². The number of rotatable bonds is 7. The molecule has 0 fully saturated rings. The van der Waals surface area contributed by atoms with Crippen molar-refractivity contribution in [1.29, 1.82) is 0 Å². The summed E-state index contributed by atoms with van der Waals surface area (Å²) in [5.74, 6) is 1.02. The largest absolute Gasteiger partial charge is 0.454 e. The number of halogens is 1. The lowest BCUT2D eigenvalue weighted by atomic mass is 10.3. The standard InChI is InChI=1S/C12H21IN2O/c1-10(2)15(3)8-4-7-14-9-11-5-6-12(13)16-11/h5-6,10,14H,4,7-9H2,1-3H3. The first-order valence-corrected chi connectivity index (χ1v) is 6.82. The third kappa shape index (κ3) is 5.32. The van der Waals surface area contributed by atoms with Gasteiger partial charge in [0, 0.05) is 6.04 Å². The Morgan fingerprint density at radius 3 is 2.75 bits per heavy atom. The van der Waals surface area contributed by atoms with Crippen molar-refractivity contribution in [2.45, 2.75) is 32.9 Å². The van der Waals surface area contributed by atoms with E-state index in [1.807, 2.05) is 12.1 Å². The van der Waals surface area contributed by atoms with Gasteiger partial charge in [-0.2, -0.15) is 0 Å². The van der Waals surface area contributed by atoms with E-state index < -0.39 is 0 Å². The van der Waals surface area contributed by atoms with Crippen LogP contribution in [0.25, 0.3) is 0 Å². The molecule has 1 heterocycles. The van der Waals surface area contributed by atoms with Crippen molar-refractivity contribution in [3.8, 4) is 0 Å². The van der Waals surface area contributed by atoms with Gasteiger partial charge in [0.15, 0.2) is 3.77 Å². The van der Waals surface area contributed by atoms with E-state index in [0.717, 1.165) is 29.2 Å². The first kappa shape index (κ1) is 14.0. The molecule has 0 saturated heterocycles. The lowest BCUT2D eigenvalue weighted by molar-refractivity contribution is 0.269. The second-order valence-corrected chi connectivity index (χ2v) is 5.37. The fourth-order valence-electron chi connectivity index (χ4n) is 1.37. The van der Waals surface area contributed by atoms with Crippen molar-refractivity contribution in [2.24, 2.45) is 0 Å². The summed E-state index contributed by atoms with van der Waals surface area (Å²) in [5.41, 5.74) is 0. The number of hydrogen-bond acceptors (Lipinski definition) is 3. The highest BCUT2D eigenvalue weighted by Crippen LogP contribution is 2.09. The molecule has 0 amide bonds. The smallest absolute Gasteiger partial charge is 0.164 e. The summed E-state index contributed by atoms with van der Waals surface area (Å²) in [7, 11) is 2.17. The van der Waals surface area contributed by atoms with Crippen LogP contribution in [0.3, 0.4) is 0 Å². The van der Waals surface area contributed by atoms with Crippen molar-refractivity contribution < 1.29 is 4.42 Å². The van der Waals surface area contributed by atoms with Gasteiger partial charge >= 0.3 is 0 Å². The molecule has 1 aromatic heterocycles. The van der Waals surface area contributed by atoms with Gasteiger partial charge < -0.3 is 14.6 Å². The molecule has 0 unspecified atom stereocenters. The molecular weight excluding hydrogens is 315 g/mol. The monoisotopic (exact) mass is 336 g/mol. The number of nitrogens with one attached hydrogen (secondary N) is 1. The Balaban J connectivity index is 2.04. The highest BCUT2D eigenvalue weighted by atomic mass is 127. The van der Waals surface area contributed by atoms with Gasteiger partial charge in [-0.05, 0) is 75.1 Å². The van der Waals surface area contributed by atoms with Gasteiger partial charge in [-0.3, -0.25) is 0 Å². The maximum atomic E-state index is 5.46. The number of furan rings is 1. The van der Waals surface area contributed by atoms with Crippen LogP contribution in [-0.4, -0.2) is 31.1 Å². The fraction of sp³-hybridized carbons (Fsp3) is 0.667. The zero-order chi connectivity index (χ0) is 12.0. The van der Waals surface area contributed by atoms with Crippen LogP contribution in [0.2, 0.25) is 0 Å². The van der Waals surface area contributed by atoms with Crippen molar-refractivity contribution >= 4 is 22.6 Å². The van der Waals surface area contributed by atoms with E-state index in [2.05, 4.69) is 53.7 Å². The lowest BCUT2D eigenvalue weighted by Crippen LogP contribution is -2.29. The van der Waals surface area contributed by atoms with Crippen LogP contribution >= 0.6 is 22.6 Å². The van der Waals surface area contributed by atoms with E-state index in [0.29, 0.717) is 6.04 Å². The second-order valence-electron chi connectivity index (χ2n) is 4.31. The molecule has 16 heavy (non-hydrogen) atoms. The maximum absolute atomic E-state index is 5.46. The lowest BCUT2D eigenvalue weighted by Gasteiger charge is -2.20. The minimum Gasteiger partial charge on any atom is -0.454 e. The van der Waals surface area contributed by atoms with Gasteiger partial charge in [0.25, 0.3) is 0 Å². The van der Waals surface area contributed by atoms with E-state index in [4.69, 9.17) is 4.42 Å². The van der Waals surface area contributed by atoms with Crippen LogP contribution in [0.1, 0.15) is 26.0 Å². The molecule has 1 rings (SSSR count). The molecule has 1 N–H and O–H groups in total.